The molecular formula is C25H27ClN6O2. The molecule has 8 nitrogen and oxygen atoms in total. The van der Waals surface area contributed by atoms with Crippen molar-refractivity contribution < 1.29 is 9.59 Å². The lowest BCUT2D eigenvalue weighted by Crippen LogP contribution is -2.59. The van der Waals surface area contributed by atoms with Crippen LogP contribution in [0.4, 0.5) is 10.6 Å². The van der Waals surface area contributed by atoms with Crippen LogP contribution in [0.2, 0.25) is 5.02 Å². The van der Waals surface area contributed by atoms with Gasteiger partial charge in [0, 0.05) is 29.2 Å². The number of carbonyl (C=O) groups excluding carboxylic acids is 2. The summed E-state index contributed by atoms with van der Waals surface area (Å²) < 4.78 is 1.65. The molecule has 2 fully saturated rings. The van der Waals surface area contributed by atoms with Crippen molar-refractivity contribution in [1.29, 1.82) is 0 Å². The Balaban J connectivity index is 1.37. The maximum Gasteiger partial charge on any atom is 0.320 e. The molecule has 1 aliphatic carbocycles. The fraction of sp³-hybridized carbons (Fsp3) is 0.320. The van der Waals surface area contributed by atoms with Gasteiger partial charge in [0.15, 0.2) is 6.29 Å². The molecule has 0 spiro atoms. The number of rotatable bonds is 5. The number of benzene rings is 2. The van der Waals surface area contributed by atoms with E-state index in [1.807, 2.05) is 48.5 Å². The second kappa shape index (κ2) is 9.87. The van der Waals surface area contributed by atoms with E-state index in [1.54, 1.807) is 16.8 Å². The maximum absolute atomic E-state index is 12.8. The van der Waals surface area contributed by atoms with E-state index in [2.05, 4.69) is 21.3 Å². The van der Waals surface area contributed by atoms with Crippen molar-refractivity contribution in [2.45, 2.75) is 44.6 Å². The van der Waals surface area contributed by atoms with Crippen LogP contribution in [0.3, 0.4) is 0 Å². The summed E-state index contributed by atoms with van der Waals surface area (Å²) in [6, 6.07) is 18.6. The molecule has 0 bridgehead atoms. The van der Waals surface area contributed by atoms with Gasteiger partial charge in [-0.05, 0) is 30.5 Å². The number of aromatic nitrogens is 2. The number of fused-ring (bicyclic) bond motifs is 1. The lowest BCUT2D eigenvalue weighted by molar-refractivity contribution is -0.132. The largest absolute Gasteiger partial charge is 0.334 e. The second-order valence-corrected chi connectivity index (χ2v) is 9.17. The van der Waals surface area contributed by atoms with Crippen LogP contribution in [-0.4, -0.2) is 27.8 Å². The molecule has 2 aromatic carbocycles. The third-order valence-electron chi connectivity index (χ3n) is 6.41. The summed E-state index contributed by atoms with van der Waals surface area (Å²) >= 11 is 5.93. The molecule has 1 saturated carbocycles. The Morgan fingerprint density at radius 2 is 1.85 bits per heavy atom. The van der Waals surface area contributed by atoms with Gasteiger partial charge in [-0.2, -0.15) is 5.10 Å². The Hall–Kier alpha value is -3.36. The summed E-state index contributed by atoms with van der Waals surface area (Å²) in [6.07, 6.45) is 3.47. The van der Waals surface area contributed by atoms with Crippen molar-refractivity contribution in [1.82, 2.24) is 25.7 Å². The van der Waals surface area contributed by atoms with Gasteiger partial charge in [0.25, 0.3) is 0 Å². The van der Waals surface area contributed by atoms with Gasteiger partial charge >= 0.3 is 6.03 Å². The fourth-order valence-electron chi connectivity index (χ4n) is 4.64. The molecule has 1 aromatic heterocycles. The van der Waals surface area contributed by atoms with Crippen molar-refractivity contribution in [2.24, 2.45) is 5.92 Å². The van der Waals surface area contributed by atoms with Crippen LogP contribution in [0.5, 0.6) is 0 Å². The van der Waals surface area contributed by atoms with E-state index in [0.717, 1.165) is 36.8 Å². The van der Waals surface area contributed by atoms with Crippen molar-refractivity contribution >= 4 is 29.4 Å². The first-order valence-corrected chi connectivity index (χ1v) is 12.0. The highest BCUT2D eigenvalue weighted by molar-refractivity contribution is 6.30. The van der Waals surface area contributed by atoms with Crippen LogP contribution in [0.1, 0.15) is 37.5 Å². The molecule has 2 heterocycles. The zero-order valence-corrected chi connectivity index (χ0v) is 19.4. The molecule has 34 heavy (non-hydrogen) atoms. The number of anilines is 1. The van der Waals surface area contributed by atoms with Crippen molar-refractivity contribution in [3.8, 4) is 11.3 Å². The highest BCUT2D eigenvalue weighted by Crippen LogP contribution is 2.31. The Morgan fingerprint density at radius 3 is 2.65 bits per heavy atom. The summed E-state index contributed by atoms with van der Waals surface area (Å²) in [5.74, 6) is 0.496. The molecule has 176 valence electrons. The molecular weight excluding hydrogens is 452 g/mol. The number of halogens is 1. The molecule has 5 rings (SSSR count). The SMILES string of the molecule is O=C(NCc1ccc(Cl)cc1)Nc1cc(-c2ccccc2)nn1C1NC(=O)C2CCCCC2N1. The average Bonchev–Trinajstić information content (AvgIpc) is 3.28. The van der Waals surface area contributed by atoms with E-state index in [9.17, 15) is 9.59 Å². The van der Waals surface area contributed by atoms with Crippen LogP contribution in [0.25, 0.3) is 11.3 Å². The van der Waals surface area contributed by atoms with Crippen LogP contribution < -0.4 is 21.3 Å². The highest BCUT2D eigenvalue weighted by atomic mass is 35.5. The Bertz CT molecular complexity index is 1160. The lowest BCUT2D eigenvalue weighted by atomic mass is 9.83. The number of amides is 3. The van der Waals surface area contributed by atoms with Gasteiger partial charge in [-0.1, -0.05) is 66.9 Å². The minimum Gasteiger partial charge on any atom is -0.334 e. The first kappa shape index (κ1) is 22.4. The van der Waals surface area contributed by atoms with Crippen LogP contribution in [0, 0.1) is 5.92 Å². The van der Waals surface area contributed by atoms with Crippen molar-refractivity contribution in [3.05, 3.63) is 71.2 Å². The minimum atomic E-state index is -0.545. The maximum atomic E-state index is 12.8. The van der Waals surface area contributed by atoms with Gasteiger partial charge < -0.3 is 10.6 Å². The zero-order valence-electron chi connectivity index (χ0n) is 18.6. The molecule has 0 radical (unpaired) electrons. The topological polar surface area (TPSA) is 100 Å². The van der Waals surface area contributed by atoms with Gasteiger partial charge in [0.2, 0.25) is 5.91 Å². The fourth-order valence-corrected chi connectivity index (χ4v) is 4.77. The third-order valence-corrected chi connectivity index (χ3v) is 6.66. The average molecular weight is 479 g/mol. The van der Waals surface area contributed by atoms with E-state index >= 15 is 0 Å². The molecule has 9 heteroatoms. The van der Waals surface area contributed by atoms with Gasteiger partial charge in [-0.25, -0.2) is 9.48 Å². The second-order valence-electron chi connectivity index (χ2n) is 8.73. The summed E-state index contributed by atoms with van der Waals surface area (Å²) in [6.45, 7) is 0.352. The number of carbonyl (C=O) groups is 2. The van der Waals surface area contributed by atoms with Crippen LogP contribution in [0.15, 0.2) is 60.7 Å². The van der Waals surface area contributed by atoms with E-state index in [1.165, 1.54) is 0 Å². The standard InChI is InChI=1S/C25H27ClN6O2/c26-18-12-10-16(11-13-18)15-27-25(34)29-22-14-21(17-6-2-1-3-7-17)31-32(22)24-28-20-9-5-4-8-19(20)23(33)30-24/h1-3,6-7,10-14,19-20,24,28H,4-5,8-9,15H2,(H,30,33)(H2,27,29,34). The monoisotopic (exact) mass is 478 g/mol. The normalized spacial score (nSPS) is 21.9. The predicted molar refractivity (Wildman–Crippen MR) is 131 cm³/mol. The molecule has 1 saturated heterocycles. The van der Waals surface area contributed by atoms with E-state index in [4.69, 9.17) is 16.7 Å². The summed E-state index contributed by atoms with van der Waals surface area (Å²) in [5.41, 5.74) is 2.56. The zero-order chi connectivity index (χ0) is 23.5. The summed E-state index contributed by atoms with van der Waals surface area (Å²) in [4.78, 5) is 25.5. The van der Waals surface area contributed by atoms with Gasteiger partial charge in [-0.15, -0.1) is 0 Å². The molecule has 1 aliphatic heterocycles. The molecule has 3 unspecified atom stereocenters. The van der Waals surface area contributed by atoms with Gasteiger partial charge in [0.05, 0.1) is 11.6 Å². The quantitative estimate of drug-likeness (QED) is 0.440. The first-order chi connectivity index (χ1) is 16.6. The number of hydrogen-bond acceptors (Lipinski definition) is 4. The minimum absolute atomic E-state index is 0.0201. The van der Waals surface area contributed by atoms with Crippen molar-refractivity contribution in [3.63, 3.8) is 0 Å². The third kappa shape index (κ3) is 4.93. The van der Waals surface area contributed by atoms with Gasteiger partial charge in [0.1, 0.15) is 5.82 Å². The highest BCUT2D eigenvalue weighted by Gasteiger charge is 2.38. The Labute approximate surface area is 203 Å². The van der Waals surface area contributed by atoms with Crippen LogP contribution in [-0.2, 0) is 11.3 Å². The van der Waals surface area contributed by atoms with E-state index in [-0.39, 0.29) is 23.9 Å². The van der Waals surface area contributed by atoms with E-state index < -0.39 is 6.29 Å². The summed E-state index contributed by atoms with van der Waals surface area (Å²) in [7, 11) is 0. The number of urea groups is 1. The van der Waals surface area contributed by atoms with Gasteiger partial charge in [-0.3, -0.25) is 15.4 Å². The first-order valence-electron chi connectivity index (χ1n) is 11.6. The Morgan fingerprint density at radius 1 is 1.09 bits per heavy atom. The molecule has 3 aromatic rings. The van der Waals surface area contributed by atoms with Crippen LogP contribution >= 0.6 is 11.6 Å². The predicted octanol–water partition coefficient (Wildman–Crippen LogP) is 4.26. The van der Waals surface area contributed by atoms with E-state index in [0.29, 0.717) is 23.1 Å². The van der Waals surface area contributed by atoms with Crippen molar-refractivity contribution in [2.75, 3.05) is 5.32 Å². The molecule has 4 N–H and O–H groups in total. The molecule has 2 aliphatic rings. The number of nitrogens with zero attached hydrogens (tertiary/aromatic N) is 2. The smallest absolute Gasteiger partial charge is 0.320 e. The Kier molecular flexibility index (Phi) is 6.51. The summed E-state index contributed by atoms with van der Waals surface area (Å²) in [5, 5.41) is 17.7. The molecule has 3 atom stereocenters. The number of nitrogens with one attached hydrogen (secondary N) is 4. The lowest BCUT2D eigenvalue weighted by Gasteiger charge is -2.40. The molecule has 3 amide bonds. The number of hydrogen-bond donors (Lipinski definition) is 4.